The van der Waals surface area contributed by atoms with Gasteiger partial charge in [-0.1, -0.05) is 85.5 Å². The molecule has 1 nitrogen and oxygen atoms in total. The Labute approximate surface area is 159 Å². The fraction of sp³-hybridized carbons (Fsp3) is 1.00. The number of hydrogen-bond acceptors (Lipinski definition) is 1. The van der Waals surface area contributed by atoms with Crippen molar-refractivity contribution in [3.05, 3.63) is 0 Å². The highest BCUT2D eigenvalue weighted by Crippen LogP contribution is 2.49. The van der Waals surface area contributed by atoms with E-state index in [4.69, 9.17) is 5.73 Å². The lowest BCUT2D eigenvalue weighted by Gasteiger charge is -2.47. The van der Waals surface area contributed by atoms with Gasteiger partial charge in [0.15, 0.2) is 0 Å². The summed E-state index contributed by atoms with van der Waals surface area (Å²) in [6.07, 6.45) is 19.9. The Hall–Kier alpha value is -0.0400. The van der Waals surface area contributed by atoms with Crippen molar-refractivity contribution in [3.63, 3.8) is 0 Å². The predicted molar refractivity (Wildman–Crippen MR) is 114 cm³/mol. The van der Waals surface area contributed by atoms with Crippen molar-refractivity contribution < 1.29 is 0 Å². The number of hydrogen-bond donors (Lipinski definition) is 1. The minimum atomic E-state index is 0.878. The highest BCUT2D eigenvalue weighted by atomic mass is 14.5. The fourth-order valence-electron chi connectivity index (χ4n) is 5.60. The van der Waals surface area contributed by atoms with Gasteiger partial charge in [0, 0.05) is 0 Å². The summed E-state index contributed by atoms with van der Waals surface area (Å²) < 4.78 is 0. The molecule has 1 rings (SSSR count). The summed E-state index contributed by atoms with van der Waals surface area (Å²) in [5.41, 5.74) is 5.85. The SMILES string of the molecule is CCCCCCC1CC(CCCN)C(C)C(CCCC)C1CCCC. The predicted octanol–water partition coefficient (Wildman–Crippen LogP) is 7.58. The van der Waals surface area contributed by atoms with Crippen molar-refractivity contribution in [3.8, 4) is 0 Å². The Bertz CT molecular complexity index is 300. The molecule has 2 N–H and O–H groups in total. The first-order valence-corrected chi connectivity index (χ1v) is 11.9. The Morgan fingerprint density at radius 1 is 0.640 bits per heavy atom. The lowest BCUT2D eigenvalue weighted by atomic mass is 9.58. The van der Waals surface area contributed by atoms with Crippen LogP contribution in [0, 0.1) is 29.6 Å². The molecule has 0 bridgehead atoms. The van der Waals surface area contributed by atoms with E-state index in [0.29, 0.717) is 0 Å². The molecule has 0 aromatic rings. The minimum Gasteiger partial charge on any atom is -0.330 e. The molecule has 0 radical (unpaired) electrons. The van der Waals surface area contributed by atoms with Crippen LogP contribution in [-0.4, -0.2) is 6.54 Å². The maximum atomic E-state index is 5.85. The average molecular weight is 352 g/mol. The van der Waals surface area contributed by atoms with Crippen LogP contribution >= 0.6 is 0 Å². The van der Waals surface area contributed by atoms with E-state index in [1.165, 1.54) is 89.9 Å². The molecule has 150 valence electrons. The van der Waals surface area contributed by atoms with Gasteiger partial charge in [0.05, 0.1) is 0 Å². The van der Waals surface area contributed by atoms with Gasteiger partial charge in [-0.25, -0.2) is 0 Å². The standard InChI is InChI=1S/C24H49N/c1-5-8-11-12-14-22-19-21(15-13-18-25)20(4)23(16-9-6-2)24(22)17-10-7-3/h20-24H,5-19,25H2,1-4H3. The molecule has 5 unspecified atom stereocenters. The summed E-state index contributed by atoms with van der Waals surface area (Å²) in [5, 5.41) is 0. The Morgan fingerprint density at radius 3 is 1.84 bits per heavy atom. The van der Waals surface area contributed by atoms with Gasteiger partial charge in [-0.15, -0.1) is 0 Å². The molecular weight excluding hydrogens is 302 g/mol. The van der Waals surface area contributed by atoms with E-state index < -0.39 is 0 Å². The van der Waals surface area contributed by atoms with Gasteiger partial charge < -0.3 is 5.73 Å². The molecule has 1 heteroatoms. The maximum absolute atomic E-state index is 5.85. The van der Waals surface area contributed by atoms with Gasteiger partial charge in [-0.3, -0.25) is 0 Å². The summed E-state index contributed by atoms with van der Waals surface area (Å²) in [5.74, 6) is 4.87. The summed E-state index contributed by atoms with van der Waals surface area (Å²) in [6.45, 7) is 10.5. The van der Waals surface area contributed by atoms with Gasteiger partial charge in [0.1, 0.15) is 0 Å². The van der Waals surface area contributed by atoms with Crippen molar-refractivity contribution in [1.82, 2.24) is 0 Å². The van der Waals surface area contributed by atoms with E-state index in [1.807, 2.05) is 0 Å². The van der Waals surface area contributed by atoms with Gasteiger partial charge in [-0.2, -0.15) is 0 Å². The third-order valence-electron chi connectivity index (χ3n) is 7.17. The van der Waals surface area contributed by atoms with Crippen molar-refractivity contribution in [1.29, 1.82) is 0 Å². The molecule has 0 aromatic carbocycles. The topological polar surface area (TPSA) is 26.0 Å². The smallest absolute Gasteiger partial charge is 0.00772 e. The van der Waals surface area contributed by atoms with Crippen molar-refractivity contribution in [2.75, 3.05) is 6.54 Å². The van der Waals surface area contributed by atoms with Crippen LogP contribution in [-0.2, 0) is 0 Å². The first kappa shape index (κ1) is 23.0. The average Bonchev–Trinajstić information content (AvgIpc) is 2.62. The molecular formula is C24H49N. The Morgan fingerprint density at radius 2 is 1.24 bits per heavy atom. The van der Waals surface area contributed by atoms with Crippen molar-refractivity contribution in [2.45, 2.75) is 118 Å². The molecule has 0 saturated heterocycles. The van der Waals surface area contributed by atoms with E-state index in [0.717, 1.165) is 36.1 Å². The van der Waals surface area contributed by atoms with Gasteiger partial charge in [0.2, 0.25) is 0 Å². The summed E-state index contributed by atoms with van der Waals surface area (Å²) in [7, 11) is 0. The second-order valence-corrected chi connectivity index (χ2v) is 9.01. The highest BCUT2D eigenvalue weighted by Gasteiger charge is 2.40. The van der Waals surface area contributed by atoms with Gasteiger partial charge >= 0.3 is 0 Å². The first-order chi connectivity index (χ1) is 12.2. The van der Waals surface area contributed by atoms with E-state index in [1.54, 1.807) is 0 Å². The summed E-state index contributed by atoms with van der Waals surface area (Å²) in [4.78, 5) is 0. The molecule has 0 aliphatic heterocycles. The highest BCUT2D eigenvalue weighted by molar-refractivity contribution is 4.90. The fourth-order valence-corrected chi connectivity index (χ4v) is 5.60. The van der Waals surface area contributed by atoms with Crippen molar-refractivity contribution >= 4 is 0 Å². The molecule has 0 heterocycles. The number of nitrogens with two attached hydrogens (primary N) is 1. The molecule has 0 spiro atoms. The normalized spacial score (nSPS) is 29.9. The van der Waals surface area contributed by atoms with Crippen LogP contribution in [0.15, 0.2) is 0 Å². The molecule has 1 aliphatic carbocycles. The third kappa shape index (κ3) is 8.02. The zero-order chi connectivity index (χ0) is 18.5. The molecule has 25 heavy (non-hydrogen) atoms. The molecule has 0 amide bonds. The van der Waals surface area contributed by atoms with Crippen LogP contribution < -0.4 is 5.73 Å². The lowest BCUT2D eigenvalue weighted by Crippen LogP contribution is -2.39. The quantitative estimate of drug-likeness (QED) is 0.321. The minimum absolute atomic E-state index is 0.878. The lowest BCUT2D eigenvalue weighted by molar-refractivity contribution is 0.0227. The zero-order valence-corrected chi connectivity index (χ0v) is 18.1. The van der Waals surface area contributed by atoms with Crippen LogP contribution in [0.5, 0.6) is 0 Å². The largest absolute Gasteiger partial charge is 0.330 e. The monoisotopic (exact) mass is 351 g/mol. The summed E-state index contributed by atoms with van der Waals surface area (Å²) in [6, 6.07) is 0. The Kier molecular flexibility index (Phi) is 12.9. The van der Waals surface area contributed by atoms with Crippen LogP contribution in [0.3, 0.4) is 0 Å². The molecule has 1 saturated carbocycles. The van der Waals surface area contributed by atoms with Gasteiger partial charge in [-0.05, 0) is 68.2 Å². The van der Waals surface area contributed by atoms with Crippen LogP contribution in [0.25, 0.3) is 0 Å². The van der Waals surface area contributed by atoms with Gasteiger partial charge in [0.25, 0.3) is 0 Å². The van der Waals surface area contributed by atoms with E-state index in [2.05, 4.69) is 27.7 Å². The van der Waals surface area contributed by atoms with Crippen LogP contribution in [0.1, 0.15) is 118 Å². The molecule has 1 aliphatic rings. The van der Waals surface area contributed by atoms with Crippen molar-refractivity contribution in [2.24, 2.45) is 35.3 Å². The third-order valence-corrected chi connectivity index (χ3v) is 7.17. The first-order valence-electron chi connectivity index (χ1n) is 11.9. The number of rotatable bonds is 14. The zero-order valence-electron chi connectivity index (χ0n) is 18.1. The molecule has 1 fully saturated rings. The second-order valence-electron chi connectivity index (χ2n) is 9.01. The van der Waals surface area contributed by atoms with E-state index >= 15 is 0 Å². The molecule has 5 atom stereocenters. The van der Waals surface area contributed by atoms with Crippen LogP contribution in [0.2, 0.25) is 0 Å². The van der Waals surface area contributed by atoms with E-state index in [9.17, 15) is 0 Å². The Balaban J connectivity index is 2.80. The van der Waals surface area contributed by atoms with E-state index in [-0.39, 0.29) is 0 Å². The maximum Gasteiger partial charge on any atom is -0.00772 e. The summed E-state index contributed by atoms with van der Waals surface area (Å²) >= 11 is 0. The second kappa shape index (κ2) is 14.1. The molecule has 0 aromatic heterocycles. The number of unbranched alkanes of at least 4 members (excludes halogenated alkanes) is 5. The van der Waals surface area contributed by atoms with Crippen LogP contribution in [0.4, 0.5) is 0 Å².